The molecule has 0 amide bonds. The zero-order valence-electron chi connectivity index (χ0n) is 12.1. The van der Waals surface area contributed by atoms with Crippen LogP contribution in [0.4, 0.5) is 11.4 Å². The summed E-state index contributed by atoms with van der Waals surface area (Å²) in [7, 11) is 0. The molecule has 0 bridgehead atoms. The Labute approximate surface area is 130 Å². The van der Waals surface area contributed by atoms with E-state index < -0.39 is 0 Å². The lowest BCUT2D eigenvalue weighted by atomic mass is 9.97. The zero-order valence-corrected chi connectivity index (χ0v) is 12.1. The van der Waals surface area contributed by atoms with Crippen molar-refractivity contribution in [3.8, 4) is 6.07 Å². The summed E-state index contributed by atoms with van der Waals surface area (Å²) in [4.78, 5) is 0. The van der Waals surface area contributed by atoms with Gasteiger partial charge in [0.15, 0.2) is 0 Å². The normalized spacial score (nSPS) is 11.1. The van der Waals surface area contributed by atoms with E-state index in [1.807, 2.05) is 42.5 Å². The number of hydrogen-bond acceptors (Lipinski definition) is 5. The van der Waals surface area contributed by atoms with Gasteiger partial charge in [0, 0.05) is 10.8 Å². The molecule has 0 saturated heterocycles. The lowest BCUT2D eigenvalue weighted by molar-refractivity contribution is 0.543. The standard InChI is InChI=1S/C18H12N4O/c19-8-12-13(20)7-11-15-10-4-2-1-3-9(10)5-6-14(15)23-18(22)16(11)17(12)21/h1-7,22H,20-21H2. The smallest absolute Gasteiger partial charge is 0.222 e. The number of benzene rings is 3. The van der Waals surface area contributed by atoms with Crippen LogP contribution in [0.1, 0.15) is 5.56 Å². The van der Waals surface area contributed by atoms with Crippen molar-refractivity contribution in [1.82, 2.24) is 0 Å². The van der Waals surface area contributed by atoms with Gasteiger partial charge in [0.05, 0.1) is 22.3 Å². The zero-order chi connectivity index (χ0) is 16.1. The van der Waals surface area contributed by atoms with Crippen molar-refractivity contribution in [2.75, 3.05) is 11.5 Å². The Morgan fingerprint density at radius 3 is 2.57 bits per heavy atom. The number of nitrogens with one attached hydrogen (secondary N) is 1. The summed E-state index contributed by atoms with van der Waals surface area (Å²) in [6, 6.07) is 15.4. The first-order valence-corrected chi connectivity index (χ1v) is 7.02. The van der Waals surface area contributed by atoms with Crippen LogP contribution < -0.4 is 17.0 Å². The molecule has 5 N–H and O–H groups in total. The first-order valence-electron chi connectivity index (χ1n) is 7.02. The molecular weight excluding hydrogens is 288 g/mol. The molecular formula is C18H12N4O. The number of hydrogen-bond donors (Lipinski definition) is 3. The predicted octanol–water partition coefficient (Wildman–Crippen LogP) is 3.25. The lowest BCUT2D eigenvalue weighted by Gasteiger charge is -2.11. The molecule has 0 unspecified atom stereocenters. The Kier molecular flexibility index (Phi) is 2.57. The van der Waals surface area contributed by atoms with E-state index in [-0.39, 0.29) is 16.8 Å². The maximum Gasteiger partial charge on any atom is 0.222 e. The number of nitrogens with two attached hydrogens (primary N) is 2. The van der Waals surface area contributed by atoms with Gasteiger partial charge in [-0.2, -0.15) is 5.26 Å². The summed E-state index contributed by atoms with van der Waals surface area (Å²) in [5.41, 5.74) is 13.3. The number of anilines is 2. The Morgan fingerprint density at radius 1 is 1.00 bits per heavy atom. The van der Waals surface area contributed by atoms with Crippen molar-refractivity contribution in [3.63, 3.8) is 0 Å². The fourth-order valence-corrected chi connectivity index (χ4v) is 3.07. The van der Waals surface area contributed by atoms with Gasteiger partial charge in [-0.15, -0.1) is 0 Å². The minimum Gasteiger partial charge on any atom is -0.438 e. The van der Waals surface area contributed by atoms with Gasteiger partial charge in [-0.3, -0.25) is 5.41 Å². The summed E-state index contributed by atoms with van der Waals surface area (Å²) >= 11 is 0. The minimum absolute atomic E-state index is 0.0724. The summed E-state index contributed by atoms with van der Waals surface area (Å²) in [6.07, 6.45) is 0. The number of nitrogen functional groups attached to an aromatic ring is 2. The van der Waals surface area contributed by atoms with E-state index in [9.17, 15) is 5.26 Å². The first kappa shape index (κ1) is 13.2. The average molecular weight is 300 g/mol. The average Bonchev–Trinajstić information content (AvgIpc) is 2.54. The monoisotopic (exact) mass is 300 g/mol. The highest BCUT2D eigenvalue weighted by molar-refractivity contribution is 6.20. The minimum atomic E-state index is -0.0724. The van der Waals surface area contributed by atoms with Crippen LogP contribution in [-0.4, -0.2) is 0 Å². The van der Waals surface area contributed by atoms with Crippen LogP contribution in [0, 0.1) is 16.7 Å². The molecule has 4 aromatic rings. The molecule has 1 aromatic heterocycles. The van der Waals surface area contributed by atoms with E-state index in [2.05, 4.69) is 0 Å². The van der Waals surface area contributed by atoms with E-state index in [1.54, 1.807) is 6.07 Å². The van der Waals surface area contributed by atoms with E-state index >= 15 is 0 Å². The largest absolute Gasteiger partial charge is 0.438 e. The molecule has 0 spiro atoms. The third-order valence-corrected chi connectivity index (χ3v) is 4.11. The third kappa shape index (κ3) is 1.69. The van der Waals surface area contributed by atoms with Crippen LogP contribution in [0.25, 0.3) is 32.5 Å². The van der Waals surface area contributed by atoms with Gasteiger partial charge in [-0.1, -0.05) is 30.3 Å². The van der Waals surface area contributed by atoms with E-state index in [4.69, 9.17) is 21.3 Å². The van der Waals surface area contributed by atoms with Crippen molar-refractivity contribution in [1.29, 1.82) is 10.7 Å². The van der Waals surface area contributed by atoms with E-state index in [0.29, 0.717) is 16.7 Å². The van der Waals surface area contributed by atoms with Crippen molar-refractivity contribution in [2.24, 2.45) is 0 Å². The number of nitrogens with zero attached hydrogens (tertiary/aromatic N) is 1. The molecule has 4 rings (SSSR count). The summed E-state index contributed by atoms with van der Waals surface area (Å²) in [6.45, 7) is 0. The van der Waals surface area contributed by atoms with Crippen molar-refractivity contribution in [2.45, 2.75) is 0 Å². The van der Waals surface area contributed by atoms with Gasteiger partial charge in [0.1, 0.15) is 11.7 Å². The van der Waals surface area contributed by atoms with Crippen LogP contribution in [-0.2, 0) is 0 Å². The van der Waals surface area contributed by atoms with Crippen molar-refractivity contribution in [3.05, 3.63) is 53.6 Å². The topological polar surface area (TPSA) is 113 Å². The molecule has 0 aliphatic heterocycles. The van der Waals surface area contributed by atoms with Gasteiger partial charge in [0.25, 0.3) is 0 Å². The summed E-state index contributed by atoms with van der Waals surface area (Å²) < 4.78 is 5.64. The summed E-state index contributed by atoms with van der Waals surface area (Å²) in [5, 5.41) is 21.4. The molecule has 1 heterocycles. The van der Waals surface area contributed by atoms with Crippen molar-refractivity contribution < 1.29 is 4.42 Å². The van der Waals surface area contributed by atoms with Gasteiger partial charge in [0.2, 0.25) is 5.55 Å². The lowest BCUT2D eigenvalue weighted by Crippen LogP contribution is -2.07. The highest BCUT2D eigenvalue weighted by atomic mass is 16.3. The van der Waals surface area contributed by atoms with Crippen LogP contribution in [0.5, 0.6) is 0 Å². The maximum absolute atomic E-state index is 9.23. The Morgan fingerprint density at radius 2 is 1.78 bits per heavy atom. The number of nitriles is 1. The molecule has 0 atom stereocenters. The van der Waals surface area contributed by atoms with E-state index in [1.165, 1.54) is 0 Å². The van der Waals surface area contributed by atoms with Gasteiger partial charge < -0.3 is 15.9 Å². The summed E-state index contributed by atoms with van der Waals surface area (Å²) in [5.74, 6) is 0. The van der Waals surface area contributed by atoms with Gasteiger partial charge in [-0.05, 0) is 22.9 Å². The van der Waals surface area contributed by atoms with Crippen LogP contribution in [0.3, 0.4) is 0 Å². The molecule has 110 valence electrons. The molecule has 0 aliphatic rings. The number of rotatable bonds is 0. The number of fused-ring (bicyclic) bond motifs is 5. The molecule has 0 radical (unpaired) electrons. The molecule has 0 saturated carbocycles. The highest BCUT2D eigenvalue weighted by Crippen LogP contribution is 2.35. The molecule has 0 fully saturated rings. The Balaban J connectivity index is 2.40. The Bertz CT molecular complexity index is 1220. The van der Waals surface area contributed by atoms with Gasteiger partial charge in [-0.25, -0.2) is 0 Å². The molecule has 5 nitrogen and oxygen atoms in total. The predicted molar refractivity (Wildman–Crippen MR) is 90.6 cm³/mol. The van der Waals surface area contributed by atoms with Crippen molar-refractivity contribution >= 4 is 43.9 Å². The fourth-order valence-electron chi connectivity index (χ4n) is 3.07. The van der Waals surface area contributed by atoms with Crippen LogP contribution >= 0.6 is 0 Å². The molecule has 0 aliphatic carbocycles. The quantitative estimate of drug-likeness (QED) is 0.341. The van der Waals surface area contributed by atoms with Gasteiger partial charge >= 0.3 is 0 Å². The first-order chi connectivity index (χ1) is 11.1. The second-order valence-electron chi connectivity index (χ2n) is 5.38. The second kappa shape index (κ2) is 4.49. The van der Waals surface area contributed by atoms with E-state index in [0.717, 1.165) is 21.5 Å². The molecule has 5 heteroatoms. The highest BCUT2D eigenvalue weighted by Gasteiger charge is 2.16. The van der Waals surface area contributed by atoms with Crippen LogP contribution in [0.15, 0.2) is 46.9 Å². The Hall–Kier alpha value is -3.52. The fraction of sp³-hybridized carbons (Fsp3) is 0. The molecule has 23 heavy (non-hydrogen) atoms. The third-order valence-electron chi connectivity index (χ3n) is 4.11. The second-order valence-corrected chi connectivity index (χ2v) is 5.38. The maximum atomic E-state index is 9.23. The van der Waals surface area contributed by atoms with Crippen LogP contribution in [0.2, 0.25) is 0 Å². The SMILES string of the molecule is N#Cc1c(N)cc2c(c1N)c(=N)oc1ccc3ccccc3c12. The molecule has 3 aromatic carbocycles.